The Morgan fingerprint density at radius 3 is 2.81 bits per heavy atom. The number of amides is 1. The second kappa shape index (κ2) is 4.68. The lowest BCUT2D eigenvalue weighted by Crippen LogP contribution is -2.44. The van der Waals surface area contributed by atoms with E-state index in [0.717, 1.165) is 6.42 Å². The number of hydrogen-bond donors (Lipinski definition) is 0. The average Bonchev–Trinajstić information content (AvgIpc) is 2.81. The second-order valence-electron chi connectivity index (χ2n) is 4.69. The van der Waals surface area contributed by atoms with E-state index < -0.39 is 0 Å². The Morgan fingerprint density at radius 2 is 2.19 bits per heavy atom. The molecule has 2 unspecified atom stereocenters. The molecule has 16 heavy (non-hydrogen) atoms. The molecule has 2 atom stereocenters. The van der Waals surface area contributed by atoms with Crippen LogP contribution in [0.25, 0.3) is 0 Å². The van der Waals surface area contributed by atoms with E-state index in [4.69, 9.17) is 0 Å². The standard InChI is InChI=1S/C12H19N3O/c1-10-5-3-4-6-11(10)14(2)12(16)15-8-7-13-9-15/h7-11H,3-6H2,1-2H3. The summed E-state index contributed by atoms with van der Waals surface area (Å²) in [6, 6.07) is 0.403. The highest BCUT2D eigenvalue weighted by molar-refractivity contribution is 5.76. The normalized spacial score (nSPS) is 25.4. The zero-order valence-corrected chi connectivity index (χ0v) is 9.97. The van der Waals surface area contributed by atoms with E-state index >= 15 is 0 Å². The maximum Gasteiger partial charge on any atom is 0.329 e. The third-order valence-electron chi connectivity index (χ3n) is 3.59. The molecular formula is C12H19N3O. The summed E-state index contributed by atoms with van der Waals surface area (Å²) < 4.78 is 1.54. The second-order valence-corrected chi connectivity index (χ2v) is 4.69. The zero-order valence-electron chi connectivity index (χ0n) is 9.97. The molecule has 88 valence electrons. The SMILES string of the molecule is CC1CCCCC1N(C)C(=O)n1ccnc1. The van der Waals surface area contributed by atoms with Gasteiger partial charge in [-0.05, 0) is 18.8 Å². The summed E-state index contributed by atoms with van der Waals surface area (Å²) in [5, 5.41) is 0. The number of aromatic nitrogens is 2. The van der Waals surface area contributed by atoms with Gasteiger partial charge in [-0.3, -0.25) is 4.57 Å². The van der Waals surface area contributed by atoms with Crippen molar-refractivity contribution < 1.29 is 4.79 Å². The molecule has 0 saturated heterocycles. The van der Waals surface area contributed by atoms with Gasteiger partial charge in [0.05, 0.1) is 0 Å². The van der Waals surface area contributed by atoms with Gasteiger partial charge in [0.1, 0.15) is 6.33 Å². The molecule has 1 amide bonds. The van der Waals surface area contributed by atoms with Crippen molar-refractivity contribution in [2.45, 2.75) is 38.6 Å². The van der Waals surface area contributed by atoms with Gasteiger partial charge in [-0.15, -0.1) is 0 Å². The maximum atomic E-state index is 12.1. The summed E-state index contributed by atoms with van der Waals surface area (Å²) in [4.78, 5) is 17.9. The summed E-state index contributed by atoms with van der Waals surface area (Å²) in [7, 11) is 1.90. The molecule has 4 heteroatoms. The van der Waals surface area contributed by atoms with Gasteiger partial charge in [0.15, 0.2) is 0 Å². The maximum absolute atomic E-state index is 12.1. The highest BCUT2D eigenvalue weighted by Gasteiger charge is 2.28. The van der Waals surface area contributed by atoms with Gasteiger partial charge in [0.2, 0.25) is 0 Å². The molecule has 0 aromatic carbocycles. The van der Waals surface area contributed by atoms with Gasteiger partial charge in [-0.25, -0.2) is 9.78 Å². The summed E-state index contributed by atoms with van der Waals surface area (Å²) in [5.74, 6) is 0.603. The molecule has 0 spiro atoms. The third-order valence-corrected chi connectivity index (χ3v) is 3.59. The lowest BCUT2D eigenvalue weighted by molar-refractivity contribution is 0.146. The van der Waals surface area contributed by atoms with E-state index in [1.807, 2.05) is 11.9 Å². The van der Waals surface area contributed by atoms with Gasteiger partial charge in [0.25, 0.3) is 0 Å². The predicted octanol–water partition coefficient (Wildman–Crippen LogP) is 2.36. The lowest BCUT2D eigenvalue weighted by Gasteiger charge is -2.36. The molecule has 1 heterocycles. The van der Waals surface area contributed by atoms with Gasteiger partial charge < -0.3 is 4.90 Å². The molecular weight excluding hydrogens is 202 g/mol. The van der Waals surface area contributed by atoms with Crippen molar-refractivity contribution in [1.82, 2.24) is 14.5 Å². The summed E-state index contributed by atoms with van der Waals surface area (Å²) in [6.07, 6.45) is 9.78. The highest BCUT2D eigenvalue weighted by atomic mass is 16.2. The monoisotopic (exact) mass is 221 g/mol. The van der Waals surface area contributed by atoms with Crippen molar-refractivity contribution >= 4 is 6.03 Å². The van der Waals surface area contributed by atoms with Crippen molar-refractivity contribution in [2.75, 3.05) is 7.05 Å². The van der Waals surface area contributed by atoms with Gasteiger partial charge in [-0.1, -0.05) is 19.8 Å². The smallest absolute Gasteiger partial charge is 0.324 e. The minimum atomic E-state index is 0.0243. The highest BCUT2D eigenvalue weighted by Crippen LogP contribution is 2.27. The van der Waals surface area contributed by atoms with Crippen molar-refractivity contribution in [3.05, 3.63) is 18.7 Å². The van der Waals surface area contributed by atoms with E-state index in [0.29, 0.717) is 12.0 Å². The molecule has 4 nitrogen and oxygen atoms in total. The van der Waals surface area contributed by atoms with E-state index in [2.05, 4.69) is 11.9 Å². The first-order valence-corrected chi connectivity index (χ1v) is 5.95. The first-order valence-electron chi connectivity index (χ1n) is 5.95. The Morgan fingerprint density at radius 1 is 1.44 bits per heavy atom. The fourth-order valence-corrected chi connectivity index (χ4v) is 2.57. The Kier molecular flexibility index (Phi) is 3.27. The van der Waals surface area contributed by atoms with Crippen molar-refractivity contribution in [1.29, 1.82) is 0 Å². The Labute approximate surface area is 96.3 Å². The predicted molar refractivity (Wildman–Crippen MR) is 62.2 cm³/mol. The molecule has 1 saturated carbocycles. The third kappa shape index (κ3) is 2.10. The number of imidazole rings is 1. The molecule has 1 aromatic rings. The van der Waals surface area contributed by atoms with Crippen LogP contribution in [0.5, 0.6) is 0 Å². The number of carbonyl (C=O) groups is 1. The van der Waals surface area contributed by atoms with Crippen LogP contribution in [-0.2, 0) is 0 Å². The van der Waals surface area contributed by atoms with E-state index in [9.17, 15) is 4.79 Å². The number of carbonyl (C=O) groups excluding carboxylic acids is 1. The fourth-order valence-electron chi connectivity index (χ4n) is 2.57. The summed E-state index contributed by atoms with van der Waals surface area (Å²) in [5.41, 5.74) is 0. The van der Waals surface area contributed by atoms with Gasteiger partial charge >= 0.3 is 6.03 Å². The minimum absolute atomic E-state index is 0.0243. The molecule has 0 radical (unpaired) electrons. The van der Waals surface area contributed by atoms with E-state index in [1.165, 1.54) is 19.3 Å². The van der Waals surface area contributed by atoms with Crippen LogP contribution in [0, 0.1) is 5.92 Å². The van der Waals surface area contributed by atoms with E-state index in [1.54, 1.807) is 23.3 Å². The molecule has 0 aliphatic heterocycles. The van der Waals surface area contributed by atoms with Crippen LogP contribution < -0.4 is 0 Å². The summed E-state index contributed by atoms with van der Waals surface area (Å²) >= 11 is 0. The quantitative estimate of drug-likeness (QED) is 0.730. The number of hydrogen-bond acceptors (Lipinski definition) is 2. The van der Waals surface area contributed by atoms with Crippen LogP contribution in [0.3, 0.4) is 0 Å². The van der Waals surface area contributed by atoms with Gasteiger partial charge in [0, 0.05) is 25.5 Å². The average molecular weight is 221 g/mol. The molecule has 1 aromatic heterocycles. The first kappa shape index (κ1) is 11.2. The van der Waals surface area contributed by atoms with Crippen molar-refractivity contribution in [2.24, 2.45) is 5.92 Å². The van der Waals surface area contributed by atoms with Crippen molar-refractivity contribution in [3.63, 3.8) is 0 Å². The molecule has 1 fully saturated rings. The lowest BCUT2D eigenvalue weighted by atomic mass is 9.85. The zero-order chi connectivity index (χ0) is 11.5. The largest absolute Gasteiger partial charge is 0.329 e. The van der Waals surface area contributed by atoms with Crippen LogP contribution in [0.4, 0.5) is 4.79 Å². The minimum Gasteiger partial charge on any atom is -0.324 e. The molecule has 1 aliphatic carbocycles. The topological polar surface area (TPSA) is 38.1 Å². The van der Waals surface area contributed by atoms with Crippen LogP contribution in [-0.4, -0.2) is 33.6 Å². The Balaban J connectivity index is 2.06. The Hall–Kier alpha value is -1.32. The van der Waals surface area contributed by atoms with Crippen LogP contribution in [0.1, 0.15) is 32.6 Å². The Bertz CT molecular complexity index is 347. The molecule has 0 N–H and O–H groups in total. The molecule has 1 aliphatic rings. The molecule has 2 rings (SSSR count). The number of rotatable bonds is 1. The first-order chi connectivity index (χ1) is 7.70. The number of nitrogens with zero attached hydrogens (tertiary/aromatic N) is 3. The van der Waals surface area contributed by atoms with E-state index in [-0.39, 0.29) is 6.03 Å². The van der Waals surface area contributed by atoms with Crippen LogP contribution in [0.15, 0.2) is 18.7 Å². The van der Waals surface area contributed by atoms with Crippen molar-refractivity contribution in [3.8, 4) is 0 Å². The molecule has 0 bridgehead atoms. The van der Waals surface area contributed by atoms with Crippen LogP contribution >= 0.6 is 0 Å². The van der Waals surface area contributed by atoms with Crippen LogP contribution in [0.2, 0.25) is 0 Å². The summed E-state index contributed by atoms with van der Waals surface area (Å²) in [6.45, 7) is 2.24. The van der Waals surface area contributed by atoms with Gasteiger partial charge in [-0.2, -0.15) is 0 Å². The fraction of sp³-hybridized carbons (Fsp3) is 0.667.